The molecule has 0 heterocycles. The topological polar surface area (TPSA) is 97.7 Å². The molecule has 63 valence electrons. The van der Waals surface area contributed by atoms with Crippen molar-refractivity contribution in [3.05, 3.63) is 17.7 Å². The molecule has 1 aromatic carbocycles. The highest BCUT2D eigenvalue weighted by atomic mass is 16.4. The fourth-order valence-corrected chi connectivity index (χ4v) is 0.729. The molecule has 0 spiro atoms. The third kappa shape index (κ3) is 1.24. The van der Waals surface area contributed by atoms with Crippen molar-refractivity contribution in [1.29, 1.82) is 0 Å². The molecule has 0 amide bonds. The van der Waals surface area contributed by atoms with Crippen LogP contribution < -0.4 is 0 Å². The molecule has 1 rings (SSSR count). The predicted octanol–water partition coefficient (Wildman–Crippen LogP) is 0.374. The minimum atomic E-state index is -1.62. The van der Waals surface area contributed by atoms with Crippen molar-refractivity contribution in [1.82, 2.24) is 0 Å². The van der Waals surface area contributed by atoms with Crippen molar-refractivity contribution in [3.63, 3.8) is 0 Å². The highest BCUT2D eigenvalue weighted by Crippen LogP contribution is 2.31. The largest absolute Gasteiger partial charge is 0.507 e. The van der Waals surface area contributed by atoms with E-state index in [9.17, 15) is 9.90 Å². The van der Waals surface area contributed by atoms with Crippen LogP contribution >= 0.6 is 0 Å². The van der Waals surface area contributed by atoms with Gasteiger partial charge in [0, 0.05) is 12.1 Å². The van der Waals surface area contributed by atoms with Crippen LogP contribution in [0.2, 0.25) is 0 Å². The molecule has 0 atom stereocenters. The summed E-state index contributed by atoms with van der Waals surface area (Å²) in [6, 6.07) is 1.43. The minimum absolute atomic E-state index is 0.565. The zero-order valence-corrected chi connectivity index (χ0v) is 5.81. The van der Waals surface area contributed by atoms with Gasteiger partial charge in [0.05, 0.1) is 0 Å². The number of phenols is 3. The Morgan fingerprint density at radius 3 is 2.00 bits per heavy atom. The maximum absolute atomic E-state index is 10.2. The standard InChI is InChI=1S/C7H5O5/c8-4-2-6(10)5(9)1-3(4)7(11)12/h1-2,8-10H. The van der Waals surface area contributed by atoms with Crippen LogP contribution in [-0.2, 0) is 5.11 Å². The van der Waals surface area contributed by atoms with E-state index in [0.717, 1.165) is 6.07 Å². The number of phenolic OH excluding ortho intramolecular Hbond substituents is 3. The summed E-state index contributed by atoms with van der Waals surface area (Å²) >= 11 is 0. The van der Waals surface area contributed by atoms with Crippen molar-refractivity contribution in [2.24, 2.45) is 0 Å². The van der Waals surface area contributed by atoms with Gasteiger partial charge in [-0.3, -0.25) is 0 Å². The summed E-state index contributed by atoms with van der Waals surface area (Å²) in [7, 11) is 0. The van der Waals surface area contributed by atoms with Gasteiger partial charge in [-0.25, -0.2) is 9.90 Å². The van der Waals surface area contributed by atoms with E-state index in [4.69, 9.17) is 15.3 Å². The lowest BCUT2D eigenvalue weighted by Gasteiger charge is -2.00. The Labute approximate surface area is 67.1 Å². The Kier molecular flexibility index (Phi) is 1.78. The van der Waals surface area contributed by atoms with Crippen LogP contribution in [0, 0.1) is 0 Å². The molecule has 0 aliphatic rings. The van der Waals surface area contributed by atoms with Gasteiger partial charge in [-0.1, -0.05) is 0 Å². The molecule has 0 saturated carbocycles. The number of benzene rings is 1. The SMILES string of the molecule is [O]C(=O)c1cc(O)c(O)cc1O. The molecule has 3 N–H and O–H groups in total. The van der Waals surface area contributed by atoms with Gasteiger partial charge in [0.2, 0.25) is 0 Å². The molecule has 1 radical (unpaired) electrons. The van der Waals surface area contributed by atoms with Crippen LogP contribution in [0.25, 0.3) is 0 Å². The lowest BCUT2D eigenvalue weighted by atomic mass is 10.2. The Hall–Kier alpha value is -1.91. The first-order chi connectivity index (χ1) is 5.52. The number of rotatable bonds is 1. The summed E-state index contributed by atoms with van der Waals surface area (Å²) in [6.07, 6.45) is 0. The van der Waals surface area contributed by atoms with Gasteiger partial charge in [-0.2, -0.15) is 0 Å². The quantitative estimate of drug-likeness (QED) is 0.418. The maximum atomic E-state index is 10.2. The molecule has 5 heteroatoms. The van der Waals surface area contributed by atoms with Gasteiger partial charge < -0.3 is 15.3 Å². The monoisotopic (exact) mass is 169 g/mol. The van der Waals surface area contributed by atoms with Gasteiger partial charge >= 0.3 is 5.97 Å². The Morgan fingerprint density at radius 1 is 1.00 bits per heavy atom. The zero-order valence-electron chi connectivity index (χ0n) is 5.81. The van der Waals surface area contributed by atoms with Crippen LogP contribution in [0.5, 0.6) is 17.2 Å². The average molecular weight is 169 g/mol. The summed E-state index contributed by atoms with van der Waals surface area (Å²) in [5, 5.41) is 36.7. The van der Waals surface area contributed by atoms with Crippen LogP contribution in [0.1, 0.15) is 10.4 Å². The van der Waals surface area contributed by atoms with Crippen LogP contribution in [0.4, 0.5) is 0 Å². The zero-order chi connectivity index (χ0) is 9.30. The molecule has 0 bridgehead atoms. The first-order valence-corrected chi connectivity index (χ1v) is 2.98. The molecule has 0 saturated heterocycles. The van der Waals surface area contributed by atoms with Gasteiger partial charge in [-0.05, 0) is 0 Å². The first-order valence-electron chi connectivity index (χ1n) is 2.98. The second kappa shape index (κ2) is 2.61. The summed E-state index contributed by atoms with van der Waals surface area (Å²) in [5.41, 5.74) is -0.565. The predicted molar refractivity (Wildman–Crippen MR) is 36.5 cm³/mol. The van der Waals surface area contributed by atoms with E-state index < -0.39 is 28.8 Å². The summed E-state index contributed by atoms with van der Waals surface area (Å²) in [6.45, 7) is 0. The Bertz CT molecular complexity index is 331. The minimum Gasteiger partial charge on any atom is -0.507 e. The molecule has 0 aromatic heterocycles. The molecule has 0 unspecified atom stereocenters. The molecule has 0 aliphatic heterocycles. The normalized spacial score (nSPS) is 9.67. The molecule has 0 aliphatic carbocycles. The molecular formula is C7H5O5. The molecule has 5 nitrogen and oxygen atoms in total. The van der Waals surface area contributed by atoms with Gasteiger partial charge in [0.15, 0.2) is 11.5 Å². The van der Waals surface area contributed by atoms with E-state index in [1.54, 1.807) is 0 Å². The third-order valence-electron chi connectivity index (χ3n) is 1.31. The van der Waals surface area contributed by atoms with E-state index in [-0.39, 0.29) is 0 Å². The summed E-state index contributed by atoms with van der Waals surface area (Å²) in [4.78, 5) is 10.2. The molecule has 12 heavy (non-hydrogen) atoms. The number of carbonyl (C=O) groups excluding carboxylic acids is 1. The van der Waals surface area contributed by atoms with Gasteiger partial charge in [0.25, 0.3) is 0 Å². The van der Waals surface area contributed by atoms with E-state index in [1.807, 2.05) is 0 Å². The lowest BCUT2D eigenvalue weighted by molar-refractivity contribution is 0.0569. The molecular weight excluding hydrogens is 164 g/mol. The molecule has 1 aromatic rings. The maximum Gasteiger partial charge on any atom is 0.390 e. The van der Waals surface area contributed by atoms with Crippen LogP contribution in [0.3, 0.4) is 0 Å². The van der Waals surface area contributed by atoms with Crippen molar-refractivity contribution in [3.8, 4) is 17.2 Å². The smallest absolute Gasteiger partial charge is 0.390 e. The van der Waals surface area contributed by atoms with Crippen molar-refractivity contribution in [2.45, 2.75) is 0 Å². The number of hydrogen-bond acceptors (Lipinski definition) is 4. The van der Waals surface area contributed by atoms with E-state index in [2.05, 4.69) is 0 Å². The van der Waals surface area contributed by atoms with Crippen LogP contribution in [0.15, 0.2) is 12.1 Å². The van der Waals surface area contributed by atoms with E-state index in [1.165, 1.54) is 0 Å². The number of carbonyl (C=O) groups is 1. The van der Waals surface area contributed by atoms with Crippen molar-refractivity contribution < 1.29 is 25.2 Å². The fourth-order valence-electron chi connectivity index (χ4n) is 0.729. The molecule has 0 fully saturated rings. The van der Waals surface area contributed by atoms with Crippen LogP contribution in [-0.4, -0.2) is 21.3 Å². The highest BCUT2D eigenvalue weighted by Gasteiger charge is 2.14. The van der Waals surface area contributed by atoms with Gasteiger partial charge in [0.1, 0.15) is 11.3 Å². The Morgan fingerprint density at radius 2 is 1.50 bits per heavy atom. The van der Waals surface area contributed by atoms with Crippen molar-refractivity contribution >= 4 is 5.97 Å². The lowest BCUT2D eigenvalue weighted by Crippen LogP contribution is -1.94. The third-order valence-corrected chi connectivity index (χ3v) is 1.31. The fraction of sp³-hybridized carbons (Fsp3) is 0. The summed E-state index contributed by atoms with van der Waals surface area (Å²) < 4.78 is 0. The average Bonchev–Trinajstić information content (AvgIpc) is 1.96. The van der Waals surface area contributed by atoms with Crippen molar-refractivity contribution in [2.75, 3.05) is 0 Å². The first kappa shape index (κ1) is 8.19. The van der Waals surface area contributed by atoms with E-state index >= 15 is 0 Å². The highest BCUT2D eigenvalue weighted by molar-refractivity contribution is 5.91. The number of hydrogen-bond donors (Lipinski definition) is 3. The number of aromatic hydroxyl groups is 3. The van der Waals surface area contributed by atoms with Gasteiger partial charge in [-0.15, -0.1) is 0 Å². The second-order valence-electron chi connectivity index (χ2n) is 2.15. The Balaban J connectivity index is 3.33. The van der Waals surface area contributed by atoms with E-state index in [0.29, 0.717) is 6.07 Å². The summed E-state index contributed by atoms with van der Waals surface area (Å²) in [5.74, 6) is -3.47. The second-order valence-corrected chi connectivity index (χ2v) is 2.15.